The summed E-state index contributed by atoms with van der Waals surface area (Å²) in [5.41, 5.74) is 2.10. The molecule has 0 radical (unpaired) electrons. The molecule has 0 unspecified atom stereocenters. The highest BCUT2D eigenvalue weighted by Gasteiger charge is 2.05. The molecule has 0 heterocycles. The van der Waals surface area contributed by atoms with Crippen molar-refractivity contribution in [3.05, 3.63) is 35.4 Å². The van der Waals surface area contributed by atoms with Crippen molar-refractivity contribution in [2.45, 2.75) is 33.1 Å². The van der Waals surface area contributed by atoms with Crippen LogP contribution in [0, 0.1) is 5.92 Å². The van der Waals surface area contributed by atoms with E-state index in [1.807, 2.05) is 24.3 Å². The van der Waals surface area contributed by atoms with Gasteiger partial charge in [0.15, 0.2) is 5.78 Å². The number of alkyl halides is 1. The van der Waals surface area contributed by atoms with Crippen molar-refractivity contribution in [1.29, 1.82) is 0 Å². The van der Waals surface area contributed by atoms with Gasteiger partial charge in [0.25, 0.3) is 0 Å². The Hall–Kier alpha value is -0.820. The largest absolute Gasteiger partial charge is 0.294 e. The van der Waals surface area contributed by atoms with Crippen LogP contribution < -0.4 is 0 Å². The minimum Gasteiger partial charge on any atom is -0.294 e. The number of Topliss-reactive ketones (excluding diaryl/α,β-unsaturated/α-hetero) is 1. The highest BCUT2D eigenvalue weighted by atomic mass is 35.5. The summed E-state index contributed by atoms with van der Waals surface area (Å²) in [6.07, 6.45) is 2.37. The lowest BCUT2D eigenvalue weighted by Gasteiger charge is -2.05. The van der Waals surface area contributed by atoms with Crippen LogP contribution in [0.2, 0.25) is 0 Å². The van der Waals surface area contributed by atoms with Gasteiger partial charge in [0, 0.05) is 17.9 Å². The smallest absolute Gasteiger partial charge is 0.162 e. The molecule has 0 aliphatic heterocycles. The van der Waals surface area contributed by atoms with Gasteiger partial charge in [-0.25, -0.2) is 0 Å². The number of carbonyl (C=O) groups excluding carboxylic acids is 1. The molecule has 0 bridgehead atoms. The predicted octanol–water partition coefficient (Wildman–Crippen LogP) is 4.09. The van der Waals surface area contributed by atoms with Gasteiger partial charge in [-0.15, -0.1) is 11.6 Å². The molecule has 1 nitrogen and oxygen atoms in total. The number of carbonyl (C=O) groups is 1. The highest BCUT2D eigenvalue weighted by molar-refractivity contribution is 6.18. The lowest BCUT2D eigenvalue weighted by molar-refractivity contribution is 0.0982. The van der Waals surface area contributed by atoms with Gasteiger partial charge in [0.1, 0.15) is 0 Å². The molecule has 16 heavy (non-hydrogen) atoms. The second-order valence-electron chi connectivity index (χ2n) is 4.51. The van der Waals surface area contributed by atoms with Crippen LogP contribution in [0.4, 0.5) is 0 Å². The molecule has 0 saturated heterocycles. The number of rotatable bonds is 6. The number of hydrogen-bond acceptors (Lipinski definition) is 1. The third kappa shape index (κ3) is 4.36. The molecule has 1 aromatic carbocycles. The monoisotopic (exact) mass is 238 g/mol. The number of ketones is 1. The van der Waals surface area contributed by atoms with Crippen molar-refractivity contribution in [1.82, 2.24) is 0 Å². The first-order valence-electron chi connectivity index (χ1n) is 5.81. The van der Waals surface area contributed by atoms with Crippen molar-refractivity contribution in [2.75, 3.05) is 5.88 Å². The fourth-order valence-corrected chi connectivity index (χ4v) is 1.80. The SMILES string of the molecule is CC(C)Cc1ccc(C(=O)CCCCl)cc1. The lowest BCUT2D eigenvalue weighted by Crippen LogP contribution is -2.00. The topological polar surface area (TPSA) is 17.1 Å². The maximum Gasteiger partial charge on any atom is 0.162 e. The Morgan fingerprint density at radius 3 is 2.38 bits per heavy atom. The minimum absolute atomic E-state index is 0.191. The predicted molar refractivity (Wildman–Crippen MR) is 69.3 cm³/mol. The van der Waals surface area contributed by atoms with Crippen LogP contribution in [0.25, 0.3) is 0 Å². The Morgan fingerprint density at radius 2 is 1.88 bits per heavy atom. The summed E-state index contributed by atoms with van der Waals surface area (Å²) in [7, 11) is 0. The van der Waals surface area contributed by atoms with Gasteiger partial charge in [-0.3, -0.25) is 4.79 Å². The zero-order valence-corrected chi connectivity index (χ0v) is 10.8. The maximum absolute atomic E-state index is 11.7. The van der Waals surface area contributed by atoms with Crippen LogP contribution in [0.15, 0.2) is 24.3 Å². The fraction of sp³-hybridized carbons (Fsp3) is 0.500. The Balaban J connectivity index is 2.60. The summed E-state index contributed by atoms with van der Waals surface area (Å²) in [5.74, 6) is 1.39. The van der Waals surface area contributed by atoms with E-state index in [1.165, 1.54) is 5.56 Å². The van der Waals surface area contributed by atoms with Gasteiger partial charge in [0.05, 0.1) is 0 Å². The van der Waals surface area contributed by atoms with Crippen LogP contribution in [0.1, 0.15) is 42.6 Å². The van der Waals surface area contributed by atoms with Gasteiger partial charge in [-0.2, -0.15) is 0 Å². The molecule has 0 N–H and O–H groups in total. The fourth-order valence-electron chi connectivity index (χ4n) is 1.67. The molecule has 0 atom stereocenters. The quantitative estimate of drug-likeness (QED) is 0.539. The van der Waals surface area contributed by atoms with E-state index < -0.39 is 0 Å². The van der Waals surface area contributed by atoms with E-state index in [1.54, 1.807) is 0 Å². The molecular weight excluding hydrogens is 220 g/mol. The zero-order chi connectivity index (χ0) is 12.0. The Morgan fingerprint density at radius 1 is 1.25 bits per heavy atom. The normalized spacial score (nSPS) is 10.8. The third-order valence-corrected chi connectivity index (χ3v) is 2.72. The average Bonchev–Trinajstić information content (AvgIpc) is 2.26. The Labute approximate surface area is 103 Å². The first kappa shape index (κ1) is 13.2. The van der Waals surface area contributed by atoms with E-state index in [2.05, 4.69) is 13.8 Å². The first-order chi connectivity index (χ1) is 7.63. The molecule has 0 fully saturated rings. The van der Waals surface area contributed by atoms with E-state index in [0.29, 0.717) is 18.2 Å². The van der Waals surface area contributed by atoms with Gasteiger partial charge in [-0.1, -0.05) is 38.1 Å². The molecule has 0 aromatic heterocycles. The number of halogens is 1. The van der Waals surface area contributed by atoms with Crippen molar-refractivity contribution >= 4 is 17.4 Å². The van der Waals surface area contributed by atoms with Crippen LogP contribution >= 0.6 is 11.6 Å². The second kappa shape index (κ2) is 6.70. The van der Waals surface area contributed by atoms with Crippen LogP contribution in [0.5, 0.6) is 0 Å². The Bertz CT molecular complexity index is 327. The zero-order valence-electron chi connectivity index (χ0n) is 10.0. The van der Waals surface area contributed by atoms with E-state index in [4.69, 9.17) is 11.6 Å². The number of hydrogen-bond donors (Lipinski definition) is 0. The maximum atomic E-state index is 11.7. The molecule has 0 aliphatic carbocycles. The van der Waals surface area contributed by atoms with E-state index in [9.17, 15) is 4.79 Å². The van der Waals surface area contributed by atoms with Gasteiger partial charge in [-0.05, 0) is 24.3 Å². The van der Waals surface area contributed by atoms with Crippen molar-refractivity contribution < 1.29 is 4.79 Å². The molecule has 0 saturated carbocycles. The van der Waals surface area contributed by atoms with Gasteiger partial charge in [0.2, 0.25) is 0 Å². The lowest BCUT2D eigenvalue weighted by atomic mass is 10.00. The van der Waals surface area contributed by atoms with Crippen molar-refractivity contribution in [2.24, 2.45) is 5.92 Å². The molecule has 1 rings (SSSR count). The van der Waals surface area contributed by atoms with Crippen LogP contribution in [-0.2, 0) is 6.42 Å². The molecule has 0 spiro atoms. The van der Waals surface area contributed by atoms with E-state index >= 15 is 0 Å². The highest BCUT2D eigenvalue weighted by Crippen LogP contribution is 2.12. The van der Waals surface area contributed by atoms with Crippen LogP contribution in [0.3, 0.4) is 0 Å². The number of benzene rings is 1. The Kier molecular flexibility index (Phi) is 5.54. The average molecular weight is 239 g/mol. The summed E-state index contributed by atoms with van der Waals surface area (Å²) in [6, 6.07) is 7.95. The summed E-state index contributed by atoms with van der Waals surface area (Å²) < 4.78 is 0. The first-order valence-corrected chi connectivity index (χ1v) is 6.35. The minimum atomic E-state index is 0.191. The molecule has 0 amide bonds. The van der Waals surface area contributed by atoms with Gasteiger partial charge < -0.3 is 0 Å². The second-order valence-corrected chi connectivity index (χ2v) is 4.89. The summed E-state index contributed by atoms with van der Waals surface area (Å²) >= 11 is 5.56. The standard InChI is InChI=1S/C14H19ClO/c1-11(2)10-12-5-7-13(8-6-12)14(16)4-3-9-15/h5-8,11H,3-4,9-10H2,1-2H3. The van der Waals surface area contributed by atoms with E-state index in [-0.39, 0.29) is 5.78 Å². The molecule has 0 aliphatic rings. The van der Waals surface area contributed by atoms with E-state index in [0.717, 1.165) is 18.4 Å². The third-order valence-electron chi connectivity index (χ3n) is 2.46. The summed E-state index contributed by atoms with van der Waals surface area (Å²) in [6.45, 7) is 4.39. The summed E-state index contributed by atoms with van der Waals surface area (Å²) in [5, 5.41) is 0. The molecular formula is C14H19ClO. The summed E-state index contributed by atoms with van der Waals surface area (Å²) in [4.78, 5) is 11.7. The van der Waals surface area contributed by atoms with Gasteiger partial charge >= 0.3 is 0 Å². The molecule has 1 aromatic rings. The van der Waals surface area contributed by atoms with Crippen molar-refractivity contribution in [3.8, 4) is 0 Å². The molecule has 2 heteroatoms. The van der Waals surface area contributed by atoms with Crippen LogP contribution in [-0.4, -0.2) is 11.7 Å². The molecule has 88 valence electrons. The van der Waals surface area contributed by atoms with Crippen molar-refractivity contribution in [3.63, 3.8) is 0 Å².